The maximum absolute atomic E-state index is 12.9. The number of piperazine rings is 1. The third-order valence-electron chi connectivity index (χ3n) is 4.96. The first-order valence-corrected chi connectivity index (χ1v) is 9.64. The van der Waals surface area contributed by atoms with E-state index in [0.717, 1.165) is 11.6 Å². The number of ether oxygens (including phenoxy) is 1. The third kappa shape index (κ3) is 2.80. The van der Waals surface area contributed by atoms with Gasteiger partial charge in [0.1, 0.15) is 11.8 Å². The van der Waals surface area contributed by atoms with Gasteiger partial charge in [-0.25, -0.2) is 9.69 Å². The van der Waals surface area contributed by atoms with Gasteiger partial charge in [-0.2, -0.15) is 0 Å². The van der Waals surface area contributed by atoms with Crippen LogP contribution >= 0.6 is 11.8 Å². The maximum Gasteiger partial charge on any atom is 0.332 e. The summed E-state index contributed by atoms with van der Waals surface area (Å²) in [6.45, 7) is 1.05. The number of methoxy groups -OCH3 is 1. The summed E-state index contributed by atoms with van der Waals surface area (Å²) in [7, 11) is 1.54. The lowest BCUT2D eigenvalue weighted by Gasteiger charge is -2.36. The fourth-order valence-corrected chi connectivity index (χ4v) is 4.49. The molecule has 9 heteroatoms. The number of imide groups is 1. The Balaban J connectivity index is 1.53. The van der Waals surface area contributed by atoms with E-state index in [1.807, 2.05) is 0 Å². The lowest BCUT2D eigenvalue weighted by atomic mass is 10.1. The van der Waals surface area contributed by atoms with Crippen molar-refractivity contribution in [3.8, 4) is 5.75 Å². The second kappa shape index (κ2) is 6.81. The van der Waals surface area contributed by atoms with Crippen LogP contribution in [0.4, 0.5) is 10.5 Å². The number of rotatable bonds is 3. The number of amides is 4. The molecular formula is C17H20N4O4S. The van der Waals surface area contributed by atoms with Crippen LogP contribution in [0.1, 0.15) is 0 Å². The predicted molar refractivity (Wildman–Crippen MR) is 97.2 cm³/mol. The molecule has 4 amide bonds. The Morgan fingerprint density at radius 1 is 1.31 bits per heavy atom. The highest BCUT2D eigenvalue weighted by Crippen LogP contribution is 2.30. The van der Waals surface area contributed by atoms with E-state index in [-0.39, 0.29) is 30.4 Å². The number of thioether (sulfide) groups is 1. The van der Waals surface area contributed by atoms with Gasteiger partial charge in [-0.15, -0.1) is 11.8 Å². The Kier molecular flexibility index (Phi) is 4.49. The average molecular weight is 376 g/mol. The number of fused-ring (bicyclic) bond motifs is 1. The molecule has 1 aromatic rings. The summed E-state index contributed by atoms with van der Waals surface area (Å²) < 4.78 is 5.18. The molecule has 2 atom stereocenters. The smallest absolute Gasteiger partial charge is 0.332 e. The first-order chi connectivity index (χ1) is 12.6. The van der Waals surface area contributed by atoms with Crippen molar-refractivity contribution in [2.45, 2.75) is 12.1 Å². The van der Waals surface area contributed by atoms with E-state index in [0.29, 0.717) is 24.5 Å². The summed E-state index contributed by atoms with van der Waals surface area (Å²) in [5.41, 5.74) is 0.487. The summed E-state index contributed by atoms with van der Waals surface area (Å²) in [5, 5.41) is 3.16. The van der Waals surface area contributed by atoms with E-state index >= 15 is 0 Å². The summed E-state index contributed by atoms with van der Waals surface area (Å²) in [6.07, 6.45) is 0. The molecule has 3 aliphatic heterocycles. The lowest BCUT2D eigenvalue weighted by molar-refractivity contribution is -0.136. The summed E-state index contributed by atoms with van der Waals surface area (Å²) >= 11 is 1.69. The summed E-state index contributed by atoms with van der Waals surface area (Å²) in [5.74, 6) is 1.80. The molecule has 3 heterocycles. The highest BCUT2D eigenvalue weighted by atomic mass is 32.2. The zero-order chi connectivity index (χ0) is 18.3. The van der Waals surface area contributed by atoms with E-state index in [1.54, 1.807) is 45.8 Å². The summed E-state index contributed by atoms with van der Waals surface area (Å²) in [6, 6.07) is 5.71. The van der Waals surface area contributed by atoms with Crippen LogP contribution in [0.15, 0.2) is 24.3 Å². The fraction of sp³-hybridized carbons (Fsp3) is 0.471. The van der Waals surface area contributed by atoms with Crippen molar-refractivity contribution in [2.75, 3.05) is 43.3 Å². The molecule has 4 rings (SSSR count). The molecule has 1 aromatic carbocycles. The highest BCUT2D eigenvalue weighted by molar-refractivity contribution is 7.99. The number of hydrogen-bond donors (Lipinski definition) is 1. The van der Waals surface area contributed by atoms with E-state index in [9.17, 15) is 14.4 Å². The standard InChI is InChI=1S/C17H20N4O4S/c1-25-12-4-2-3-11(7-12)21-16(23)14-8-19(5-6-20(14)17(21)24)15(22)13-9-26-10-18-13/h2-4,7,13-14,18H,5-6,8-10H2,1H3/t13-,14+/m1/s1. The monoisotopic (exact) mass is 376 g/mol. The minimum absolute atomic E-state index is 0.00901. The Labute approximate surface area is 155 Å². The molecule has 3 aliphatic rings. The van der Waals surface area contributed by atoms with Crippen molar-refractivity contribution in [3.05, 3.63) is 24.3 Å². The van der Waals surface area contributed by atoms with Gasteiger partial charge < -0.3 is 14.5 Å². The normalized spacial score (nSPS) is 25.7. The second-order valence-electron chi connectivity index (χ2n) is 6.42. The van der Waals surface area contributed by atoms with Crippen molar-refractivity contribution in [1.29, 1.82) is 0 Å². The zero-order valence-electron chi connectivity index (χ0n) is 14.4. The first kappa shape index (κ1) is 17.2. The van der Waals surface area contributed by atoms with Crippen LogP contribution in [0.3, 0.4) is 0 Å². The average Bonchev–Trinajstić information content (AvgIpc) is 3.29. The number of carbonyl (C=O) groups excluding carboxylic acids is 3. The Bertz CT molecular complexity index is 752. The molecule has 0 unspecified atom stereocenters. The fourth-order valence-electron chi connectivity index (χ4n) is 3.56. The summed E-state index contributed by atoms with van der Waals surface area (Å²) in [4.78, 5) is 42.7. The van der Waals surface area contributed by atoms with Crippen LogP contribution in [-0.2, 0) is 9.59 Å². The molecule has 8 nitrogen and oxygen atoms in total. The second-order valence-corrected chi connectivity index (χ2v) is 7.45. The number of carbonyl (C=O) groups is 3. The van der Waals surface area contributed by atoms with Crippen molar-refractivity contribution in [2.24, 2.45) is 0 Å². The molecule has 26 heavy (non-hydrogen) atoms. The molecule has 0 aromatic heterocycles. The molecule has 3 saturated heterocycles. The van der Waals surface area contributed by atoms with Crippen molar-refractivity contribution in [1.82, 2.24) is 15.1 Å². The number of urea groups is 1. The van der Waals surface area contributed by atoms with E-state index in [4.69, 9.17) is 4.74 Å². The van der Waals surface area contributed by atoms with Crippen LogP contribution in [0, 0.1) is 0 Å². The van der Waals surface area contributed by atoms with Crippen molar-refractivity contribution in [3.63, 3.8) is 0 Å². The number of nitrogens with one attached hydrogen (secondary N) is 1. The van der Waals surface area contributed by atoms with E-state index in [1.165, 1.54) is 12.0 Å². The first-order valence-electron chi connectivity index (χ1n) is 8.48. The number of hydrogen-bond acceptors (Lipinski definition) is 6. The number of benzene rings is 1. The van der Waals surface area contributed by atoms with Gasteiger partial charge in [0.15, 0.2) is 0 Å². The van der Waals surface area contributed by atoms with Gasteiger partial charge >= 0.3 is 6.03 Å². The van der Waals surface area contributed by atoms with Gasteiger partial charge in [-0.3, -0.25) is 14.9 Å². The van der Waals surface area contributed by atoms with E-state index < -0.39 is 6.04 Å². The third-order valence-corrected chi connectivity index (χ3v) is 5.90. The van der Waals surface area contributed by atoms with Gasteiger partial charge in [-0.05, 0) is 12.1 Å². The minimum atomic E-state index is -0.625. The lowest BCUT2D eigenvalue weighted by Crippen LogP contribution is -2.57. The van der Waals surface area contributed by atoms with Crippen molar-refractivity contribution >= 4 is 35.3 Å². The molecule has 3 fully saturated rings. The minimum Gasteiger partial charge on any atom is -0.497 e. The topological polar surface area (TPSA) is 82.2 Å². The highest BCUT2D eigenvalue weighted by Gasteiger charge is 2.49. The molecule has 0 saturated carbocycles. The molecule has 0 spiro atoms. The quantitative estimate of drug-likeness (QED) is 0.766. The molecule has 0 bridgehead atoms. The maximum atomic E-state index is 12.9. The Morgan fingerprint density at radius 2 is 2.15 bits per heavy atom. The number of anilines is 1. The van der Waals surface area contributed by atoms with Crippen LogP contribution in [0.25, 0.3) is 0 Å². The molecule has 138 valence electrons. The molecular weight excluding hydrogens is 356 g/mol. The van der Waals surface area contributed by atoms with Crippen LogP contribution in [0.5, 0.6) is 5.75 Å². The SMILES string of the molecule is COc1cccc(N2C(=O)[C@@H]3CN(C(=O)[C@H]4CSCN4)CCN3C2=O)c1. The van der Waals surface area contributed by atoms with Gasteiger partial charge in [0.05, 0.1) is 25.4 Å². The van der Waals surface area contributed by atoms with Gasteiger partial charge in [0.25, 0.3) is 5.91 Å². The largest absolute Gasteiger partial charge is 0.497 e. The zero-order valence-corrected chi connectivity index (χ0v) is 15.2. The van der Waals surface area contributed by atoms with Gasteiger partial charge in [-0.1, -0.05) is 6.07 Å². The van der Waals surface area contributed by atoms with Crippen molar-refractivity contribution < 1.29 is 19.1 Å². The Morgan fingerprint density at radius 3 is 2.88 bits per heavy atom. The number of nitrogens with zero attached hydrogens (tertiary/aromatic N) is 3. The van der Waals surface area contributed by atoms with Crippen LogP contribution < -0.4 is 15.0 Å². The molecule has 1 N–H and O–H groups in total. The Hall–Kier alpha value is -2.26. The predicted octanol–water partition coefficient (Wildman–Crippen LogP) is 0.337. The molecule has 0 aliphatic carbocycles. The molecule has 0 radical (unpaired) electrons. The van der Waals surface area contributed by atoms with Crippen LogP contribution in [0.2, 0.25) is 0 Å². The van der Waals surface area contributed by atoms with Gasteiger partial charge in [0, 0.05) is 30.8 Å². The van der Waals surface area contributed by atoms with E-state index in [2.05, 4.69) is 5.32 Å². The van der Waals surface area contributed by atoms with Crippen LogP contribution in [-0.4, -0.2) is 78.1 Å². The van der Waals surface area contributed by atoms with Gasteiger partial charge in [0.2, 0.25) is 5.91 Å².